The Balaban J connectivity index is 1.62. The molecule has 0 spiro atoms. The number of hydrogen-bond acceptors (Lipinski definition) is 6. The van der Waals surface area contributed by atoms with Gasteiger partial charge in [-0.2, -0.15) is 4.84 Å². The van der Waals surface area contributed by atoms with E-state index in [0.29, 0.717) is 43.4 Å². The molecule has 1 fully saturated rings. The summed E-state index contributed by atoms with van der Waals surface area (Å²) in [4.78, 5) is 33.2. The predicted molar refractivity (Wildman–Crippen MR) is 111 cm³/mol. The second-order valence-electron chi connectivity index (χ2n) is 7.41. The van der Waals surface area contributed by atoms with E-state index in [1.807, 2.05) is 0 Å². The Morgan fingerprint density at radius 1 is 1.12 bits per heavy atom. The Labute approximate surface area is 187 Å². The third-order valence-corrected chi connectivity index (χ3v) is 5.96. The van der Waals surface area contributed by atoms with Crippen LogP contribution < -0.4 is 0 Å². The molecule has 0 saturated carbocycles. The second-order valence-corrected chi connectivity index (χ2v) is 8.58. The highest BCUT2D eigenvalue weighted by Gasteiger charge is 2.36. The maximum atomic E-state index is 12.9. The second kappa shape index (κ2) is 10.4. The van der Waals surface area contributed by atoms with Gasteiger partial charge in [0.05, 0.1) is 11.4 Å². The number of aliphatic hydroxyl groups is 1. The van der Waals surface area contributed by atoms with E-state index in [0.717, 1.165) is 16.2 Å². The number of piperazine rings is 1. The van der Waals surface area contributed by atoms with Crippen LogP contribution in [-0.4, -0.2) is 70.4 Å². The van der Waals surface area contributed by atoms with Crippen molar-refractivity contribution in [1.82, 2.24) is 14.9 Å². The molecule has 7 nitrogen and oxygen atoms in total. The number of amides is 2. The topological polar surface area (TPSA) is 73.3 Å². The predicted octanol–water partition coefficient (Wildman–Crippen LogP) is 2.87. The molecule has 1 aliphatic rings. The minimum absolute atomic E-state index is 0.142. The summed E-state index contributed by atoms with van der Waals surface area (Å²) in [5.74, 6) is -1.17. The van der Waals surface area contributed by atoms with Crippen molar-refractivity contribution in [2.24, 2.45) is 0 Å². The molecule has 2 amide bonds. The average Bonchev–Trinajstić information content (AvgIpc) is 3.21. The van der Waals surface area contributed by atoms with Crippen molar-refractivity contribution in [2.45, 2.75) is 32.5 Å². The monoisotopic (exact) mass is 471 g/mol. The van der Waals surface area contributed by atoms with E-state index in [-0.39, 0.29) is 17.3 Å². The number of carbonyl (C=O) groups excluding carboxylic acids is 2. The molecular weight excluding hydrogens is 447 g/mol. The first kappa shape index (κ1) is 24.2. The number of carbonyl (C=O) groups is 2. The minimum atomic E-state index is -4.99. The zero-order chi connectivity index (χ0) is 23.3. The Hall–Kier alpha value is -2.47. The summed E-state index contributed by atoms with van der Waals surface area (Å²) in [5.41, 5.74) is 0.506. The minimum Gasteiger partial charge on any atom is -0.384 e. The molecule has 3 rings (SSSR count). The van der Waals surface area contributed by atoms with Gasteiger partial charge in [0.15, 0.2) is 0 Å². The first-order valence-electron chi connectivity index (χ1n) is 10.0. The lowest BCUT2D eigenvalue weighted by molar-refractivity contribution is -0.400. The summed E-state index contributed by atoms with van der Waals surface area (Å²) in [6, 6.07) is 11.5. The molecule has 32 heavy (non-hydrogen) atoms. The van der Waals surface area contributed by atoms with E-state index < -0.39 is 18.4 Å². The normalized spacial score (nSPS) is 16.1. The molecule has 1 aromatic heterocycles. The molecule has 1 aliphatic heterocycles. The van der Waals surface area contributed by atoms with Gasteiger partial charge in [-0.3, -0.25) is 14.5 Å². The largest absolute Gasteiger partial charge is 0.544 e. The fourth-order valence-electron chi connectivity index (χ4n) is 3.33. The molecular formula is C21H24F3N3O4S. The molecule has 1 aromatic carbocycles. The molecule has 174 valence electrons. The van der Waals surface area contributed by atoms with E-state index in [1.165, 1.54) is 13.0 Å². The van der Waals surface area contributed by atoms with Crippen LogP contribution >= 0.6 is 11.3 Å². The van der Waals surface area contributed by atoms with Gasteiger partial charge >= 0.3 is 6.36 Å². The van der Waals surface area contributed by atoms with Gasteiger partial charge in [-0.05, 0) is 24.6 Å². The highest BCUT2D eigenvalue weighted by Crippen LogP contribution is 2.25. The van der Waals surface area contributed by atoms with Gasteiger partial charge in [0, 0.05) is 37.6 Å². The van der Waals surface area contributed by atoms with Crippen LogP contribution in [0, 0.1) is 0 Å². The first-order valence-corrected chi connectivity index (χ1v) is 10.8. The number of thiophene rings is 1. The Morgan fingerprint density at radius 2 is 1.78 bits per heavy atom. The van der Waals surface area contributed by atoms with Gasteiger partial charge in [-0.15, -0.1) is 24.5 Å². The number of hydrogen-bond donors (Lipinski definition) is 1. The summed E-state index contributed by atoms with van der Waals surface area (Å²) >= 11 is 1.11. The van der Waals surface area contributed by atoms with Crippen molar-refractivity contribution in [1.29, 1.82) is 0 Å². The standard InChI is InChI=1S/C21H24F3N3O4S/c1-15(28)19(29)26-11-9-25(10-12-26)14-17-7-8-18(32-17)20(30)27(31-21(22,23)24)13-16-5-3-2-4-6-16/h2-8,15,28H,9-14H2,1H3/t15-/m1/s1. The molecule has 2 heterocycles. The van der Waals surface area contributed by atoms with Crippen molar-refractivity contribution < 1.29 is 32.7 Å². The van der Waals surface area contributed by atoms with Crippen LogP contribution in [0.25, 0.3) is 0 Å². The molecule has 0 unspecified atom stereocenters. The van der Waals surface area contributed by atoms with Gasteiger partial charge in [0.2, 0.25) is 0 Å². The summed E-state index contributed by atoms with van der Waals surface area (Å²) in [7, 11) is 0. The van der Waals surface area contributed by atoms with Crippen LogP contribution in [0.1, 0.15) is 27.0 Å². The number of benzene rings is 1. The summed E-state index contributed by atoms with van der Waals surface area (Å²) in [5, 5.41) is 9.74. The Morgan fingerprint density at radius 3 is 2.38 bits per heavy atom. The SMILES string of the molecule is C[C@@H](O)C(=O)N1CCN(Cc2ccc(C(=O)N(Cc3ccccc3)OC(F)(F)F)s2)CC1. The van der Waals surface area contributed by atoms with Crippen molar-refractivity contribution in [3.05, 3.63) is 57.8 Å². The van der Waals surface area contributed by atoms with E-state index in [9.17, 15) is 27.9 Å². The first-order chi connectivity index (χ1) is 15.1. The molecule has 2 aromatic rings. The summed E-state index contributed by atoms with van der Waals surface area (Å²) in [6.45, 7) is 3.74. The lowest BCUT2D eigenvalue weighted by Gasteiger charge is -2.35. The molecule has 0 aliphatic carbocycles. The number of nitrogens with zero attached hydrogens (tertiary/aromatic N) is 3. The molecule has 0 bridgehead atoms. The summed E-state index contributed by atoms with van der Waals surface area (Å²) < 4.78 is 38.6. The van der Waals surface area contributed by atoms with E-state index in [4.69, 9.17) is 0 Å². The quantitative estimate of drug-likeness (QED) is 0.629. The van der Waals surface area contributed by atoms with Crippen molar-refractivity contribution in [3.8, 4) is 0 Å². The number of hydroxylamine groups is 2. The molecule has 1 saturated heterocycles. The lowest BCUT2D eigenvalue weighted by Crippen LogP contribution is -2.50. The van der Waals surface area contributed by atoms with Gasteiger partial charge in [0.25, 0.3) is 11.8 Å². The van der Waals surface area contributed by atoms with E-state index >= 15 is 0 Å². The third kappa shape index (κ3) is 6.76. The Bertz CT molecular complexity index is 913. The maximum Gasteiger partial charge on any atom is 0.544 e. The van der Waals surface area contributed by atoms with Crippen LogP contribution in [-0.2, 0) is 22.7 Å². The van der Waals surface area contributed by atoms with Crippen LogP contribution in [0.15, 0.2) is 42.5 Å². The zero-order valence-corrected chi connectivity index (χ0v) is 18.2. The van der Waals surface area contributed by atoms with E-state index in [1.54, 1.807) is 41.3 Å². The molecule has 1 atom stereocenters. The smallest absolute Gasteiger partial charge is 0.384 e. The van der Waals surface area contributed by atoms with Gasteiger partial charge in [0.1, 0.15) is 6.10 Å². The number of rotatable bonds is 7. The molecule has 1 N–H and O–H groups in total. The number of aliphatic hydroxyl groups excluding tert-OH is 1. The van der Waals surface area contributed by atoms with Crippen molar-refractivity contribution >= 4 is 23.2 Å². The van der Waals surface area contributed by atoms with Crippen LogP contribution in [0.3, 0.4) is 0 Å². The van der Waals surface area contributed by atoms with Crippen LogP contribution in [0.4, 0.5) is 13.2 Å². The average molecular weight is 472 g/mol. The van der Waals surface area contributed by atoms with Gasteiger partial charge < -0.3 is 10.0 Å². The fraction of sp³-hybridized carbons (Fsp3) is 0.429. The maximum absolute atomic E-state index is 12.9. The van der Waals surface area contributed by atoms with Crippen LogP contribution in [0.2, 0.25) is 0 Å². The molecule has 11 heteroatoms. The van der Waals surface area contributed by atoms with E-state index in [2.05, 4.69) is 9.74 Å². The zero-order valence-electron chi connectivity index (χ0n) is 17.4. The highest BCUT2D eigenvalue weighted by molar-refractivity contribution is 7.14. The lowest BCUT2D eigenvalue weighted by atomic mass is 10.2. The fourth-order valence-corrected chi connectivity index (χ4v) is 4.32. The van der Waals surface area contributed by atoms with Gasteiger partial charge in [-0.25, -0.2) is 5.06 Å². The Kier molecular flexibility index (Phi) is 7.88. The number of halogens is 3. The van der Waals surface area contributed by atoms with Crippen molar-refractivity contribution in [2.75, 3.05) is 26.2 Å². The summed E-state index contributed by atoms with van der Waals surface area (Å²) in [6.07, 6.45) is -6.03. The molecule has 0 radical (unpaired) electrons. The number of alkyl halides is 3. The highest BCUT2D eigenvalue weighted by atomic mass is 32.1. The van der Waals surface area contributed by atoms with Crippen molar-refractivity contribution in [3.63, 3.8) is 0 Å². The van der Waals surface area contributed by atoms with Crippen LogP contribution in [0.5, 0.6) is 0 Å². The third-order valence-electron chi connectivity index (χ3n) is 4.90. The van der Waals surface area contributed by atoms with Gasteiger partial charge in [-0.1, -0.05) is 30.3 Å².